The van der Waals surface area contributed by atoms with Crippen LogP contribution in [-0.4, -0.2) is 35.8 Å². The number of nitrogen functional groups attached to an aromatic ring is 1. The number of likely N-dealkylation sites (N-methyl/N-ethyl adjacent to an activating group) is 1. The Morgan fingerprint density at radius 3 is 2.59 bits per heavy atom. The van der Waals surface area contributed by atoms with Crippen LogP contribution in [0.5, 0.6) is 0 Å². The number of nitrogens with two attached hydrogens (primary N) is 1. The monoisotopic (exact) mass is 417 g/mol. The van der Waals surface area contributed by atoms with Crippen LogP contribution in [0, 0.1) is 5.41 Å². The van der Waals surface area contributed by atoms with E-state index in [2.05, 4.69) is 50.9 Å². The number of hydrogen-bond donors (Lipinski definition) is 6. The first-order valence-corrected chi connectivity index (χ1v) is 10.1. The molecule has 0 bridgehead atoms. The molecule has 2 atom stereocenters. The van der Waals surface area contributed by atoms with E-state index in [4.69, 9.17) is 5.73 Å². The maximum atomic E-state index is 13.0. The van der Waals surface area contributed by atoms with E-state index in [0.29, 0.717) is 17.9 Å². The number of rotatable bonds is 8. The molecule has 0 aliphatic carbocycles. The van der Waals surface area contributed by atoms with Crippen LogP contribution < -0.4 is 27.0 Å². The number of amides is 1. The summed E-state index contributed by atoms with van der Waals surface area (Å²) in [6, 6.07) is 8.92. The molecule has 1 heterocycles. The molecule has 0 fully saturated rings. The summed E-state index contributed by atoms with van der Waals surface area (Å²) in [5.41, 5.74) is 8.02. The molecule has 2 rings (SSSR count). The van der Waals surface area contributed by atoms with Crippen molar-refractivity contribution in [3.8, 4) is 0 Å². The predicted molar refractivity (Wildman–Crippen MR) is 124 cm³/mol. The van der Waals surface area contributed by atoms with Gasteiger partial charge >= 0.3 is 0 Å². The van der Waals surface area contributed by atoms with Crippen LogP contribution in [0.2, 0.25) is 0 Å². The van der Waals surface area contributed by atoms with E-state index in [9.17, 15) is 9.90 Å². The van der Waals surface area contributed by atoms with Crippen LogP contribution >= 0.6 is 9.24 Å². The van der Waals surface area contributed by atoms with Crippen LogP contribution in [0.15, 0.2) is 42.1 Å². The number of nitrogens with one attached hydrogen (secondary N) is 4. The number of hydrogen-bond acceptors (Lipinski definition) is 5. The Morgan fingerprint density at radius 1 is 1.31 bits per heavy atom. The number of aliphatic hydroxyl groups is 1. The van der Waals surface area contributed by atoms with E-state index in [1.54, 1.807) is 31.4 Å². The van der Waals surface area contributed by atoms with E-state index in [1.807, 2.05) is 12.1 Å². The minimum atomic E-state index is -0.629. The lowest BCUT2D eigenvalue weighted by Crippen LogP contribution is -2.43. The summed E-state index contributed by atoms with van der Waals surface area (Å²) in [6.45, 7) is 6.86. The molecular formula is C21H32N5O2P. The van der Waals surface area contributed by atoms with Gasteiger partial charge in [0, 0.05) is 24.1 Å². The Hall–Kier alpha value is -2.50. The second-order valence-electron chi connectivity index (χ2n) is 8.13. The molecule has 8 heteroatoms. The first-order valence-electron chi connectivity index (χ1n) is 9.56. The van der Waals surface area contributed by atoms with E-state index in [0.717, 1.165) is 17.4 Å². The third kappa shape index (κ3) is 6.51. The summed E-state index contributed by atoms with van der Waals surface area (Å²) in [6.07, 6.45) is 1.89. The molecule has 7 nitrogen and oxygen atoms in total. The molecule has 7 N–H and O–H groups in total. The molecule has 158 valence electrons. The highest BCUT2D eigenvalue weighted by Crippen LogP contribution is 2.21. The van der Waals surface area contributed by atoms with Crippen molar-refractivity contribution >= 4 is 37.6 Å². The Kier molecular flexibility index (Phi) is 7.71. The van der Waals surface area contributed by atoms with Gasteiger partial charge in [-0.2, -0.15) is 0 Å². The highest BCUT2D eigenvalue weighted by atomic mass is 31.0. The van der Waals surface area contributed by atoms with Crippen molar-refractivity contribution in [1.29, 1.82) is 0 Å². The largest absolute Gasteiger partial charge is 0.505 e. The number of aromatic amines is 1. The van der Waals surface area contributed by atoms with Gasteiger partial charge in [-0.15, -0.1) is 9.24 Å². The number of aliphatic hydroxyl groups excluding tert-OH is 1. The predicted octanol–water partition coefficient (Wildman–Crippen LogP) is 2.58. The fourth-order valence-corrected chi connectivity index (χ4v) is 3.17. The number of carbonyl (C=O) groups is 1. The lowest BCUT2D eigenvalue weighted by molar-refractivity contribution is -0.117. The van der Waals surface area contributed by atoms with Gasteiger partial charge in [0.2, 0.25) is 0 Å². The lowest BCUT2D eigenvalue weighted by Gasteiger charge is -2.25. The van der Waals surface area contributed by atoms with Gasteiger partial charge in [-0.1, -0.05) is 20.8 Å². The second-order valence-corrected chi connectivity index (χ2v) is 8.75. The third-order valence-electron chi connectivity index (χ3n) is 4.47. The molecule has 0 saturated heterocycles. The smallest absolute Gasteiger partial charge is 0.254 e. The topological polar surface area (TPSA) is 115 Å². The Labute approximate surface area is 174 Å². The van der Waals surface area contributed by atoms with Crippen LogP contribution in [0.1, 0.15) is 32.9 Å². The quantitative estimate of drug-likeness (QED) is 0.130. The second kappa shape index (κ2) is 9.81. The molecule has 29 heavy (non-hydrogen) atoms. The van der Waals surface area contributed by atoms with Gasteiger partial charge in [-0.3, -0.25) is 10.1 Å². The fourth-order valence-electron chi connectivity index (χ4n) is 2.80. The van der Waals surface area contributed by atoms with Crippen molar-refractivity contribution in [2.24, 2.45) is 5.41 Å². The lowest BCUT2D eigenvalue weighted by atomic mass is 9.92. The normalized spacial score (nSPS) is 13.6. The molecule has 2 aromatic rings. The van der Waals surface area contributed by atoms with Crippen molar-refractivity contribution in [3.63, 3.8) is 0 Å². The van der Waals surface area contributed by atoms with Gasteiger partial charge in [0.25, 0.3) is 5.91 Å². The number of benzene rings is 1. The number of anilines is 2. The van der Waals surface area contributed by atoms with Crippen LogP contribution in [0.25, 0.3) is 5.76 Å². The van der Waals surface area contributed by atoms with Crippen molar-refractivity contribution in [3.05, 3.63) is 47.8 Å². The first-order chi connectivity index (χ1) is 13.6. The molecule has 0 radical (unpaired) electrons. The van der Waals surface area contributed by atoms with Gasteiger partial charge in [-0.25, -0.2) is 0 Å². The zero-order valence-corrected chi connectivity index (χ0v) is 18.6. The fraction of sp³-hybridized carbons (Fsp3) is 0.381. The molecular weight excluding hydrogens is 385 g/mol. The third-order valence-corrected chi connectivity index (χ3v) is 4.94. The van der Waals surface area contributed by atoms with Crippen molar-refractivity contribution < 1.29 is 9.90 Å². The van der Waals surface area contributed by atoms with Gasteiger partial charge in [0.05, 0.1) is 11.3 Å². The molecule has 0 saturated carbocycles. The van der Waals surface area contributed by atoms with Crippen LogP contribution in [0.4, 0.5) is 11.4 Å². The van der Waals surface area contributed by atoms with E-state index in [1.165, 1.54) is 0 Å². The highest BCUT2D eigenvalue weighted by Gasteiger charge is 2.26. The minimum absolute atomic E-state index is 0.0949. The molecule has 1 aromatic carbocycles. The SMILES string of the molecule is CNC(Nc1ccc(N)cc1P)/C(C(=O)NCCC(C)(C)C)=C(\O)c1ccc[nH]1. The average Bonchev–Trinajstić information content (AvgIpc) is 3.16. The maximum Gasteiger partial charge on any atom is 0.254 e. The van der Waals surface area contributed by atoms with Crippen LogP contribution in [0.3, 0.4) is 0 Å². The summed E-state index contributed by atoms with van der Waals surface area (Å²) in [7, 11) is 4.34. The summed E-state index contributed by atoms with van der Waals surface area (Å²) in [5.74, 6) is -0.454. The summed E-state index contributed by atoms with van der Waals surface area (Å²) in [5, 5.41) is 21.0. The van der Waals surface area contributed by atoms with Gasteiger partial charge in [0.1, 0.15) is 6.17 Å². The van der Waals surface area contributed by atoms with Crippen molar-refractivity contribution in [2.45, 2.75) is 33.4 Å². The van der Waals surface area contributed by atoms with E-state index < -0.39 is 6.17 Å². The highest BCUT2D eigenvalue weighted by molar-refractivity contribution is 7.28. The first kappa shape index (κ1) is 22.8. The molecule has 0 aliphatic heterocycles. The Morgan fingerprint density at radius 2 is 2.03 bits per heavy atom. The summed E-state index contributed by atoms with van der Waals surface area (Å²) >= 11 is 0. The zero-order valence-electron chi connectivity index (χ0n) is 17.5. The zero-order chi connectivity index (χ0) is 21.6. The number of carbonyl (C=O) groups excluding carboxylic acids is 1. The standard InChI is InChI=1S/C21H32N5O2P/c1-21(2,3)9-11-25-20(28)17(18(27)15-6-5-10-24-15)19(23-4)26-14-8-7-13(22)12-16(14)29/h5-8,10,12,19,23-24,26-27H,9,11,22,29H2,1-4H3,(H,25,28)/b18-17+. The van der Waals surface area contributed by atoms with Gasteiger partial charge < -0.3 is 26.5 Å². The van der Waals surface area contributed by atoms with Crippen LogP contribution in [-0.2, 0) is 4.79 Å². The van der Waals surface area contributed by atoms with Crippen molar-refractivity contribution in [1.82, 2.24) is 15.6 Å². The average molecular weight is 417 g/mol. The number of aromatic nitrogens is 1. The van der Waals surface area contributed by atoms with E-state index >= 15 is 0 Å². The maximum absolute atomic E-state index is 13.0. The summed E-state index contributed by atoms with van der Waals surface area (Å²) < 4.78 is 0. The minimum Gasteiger partial charge on any atom is -0.505 e. The molecule has 2 unspecified atom stereocenters. The Bertz CT molecular complexity index is 856. The molecule has 0 spiro atoms. The number of H-pyrrole nitrogens is 1. The molecule has 1 aromatic heterocycles. The van der Waals surface area contributed by atoms with E-state index in [-0.39, 0.29) is 22.7 Å². The Balaban J connectivity index is 2.34. The molecule has 0 aliphatic rings. The van der Waals surface area contributed by atoms with Crippen molar-refractivity contribution in [2.75, 3.05) is 24.6 Å². The van der Waals surface area contributed by atoms with Gasteiger partial charge in [0.15, 0.2) is 5.76 Å². The molecule has 1 amide bonds. The van der Waals surface area contributed by atoms with Gasteiger partial charge in [-0.05, 0) is 54.5 Å². The summed E-state index contributed by atoms with van der Waals surface area (Å²) in [4.78, 5) is 16.0.